The van der Waals surface area contributed by atoms with Gasteiger partial charge in [0.25, 0.3) is 15.9 Å². The Morgan fingerprint density at radius 2 is 1.45 bits per heavy atom. The predicted octanol–water partition coefficient (Wildman–Crippen LogP) is 2.26. The van der Waals surface area contributed by atoms with Crippen molar-refractivity contribution in [1.82, 2.24) is 9.71 Å². The molecule has 9 nitrogen and oxygen atoms in total. The highest BCUT2D eigenvalue weighted by Crippen LogP contribution is 2.24. The normalized spacial score (nSPS) is 12.0. The summed E-state index contributed by atoms with van der Waals surface area (Å²) in [5.74, 6) is -0.587. The largest absolute Gasteiger partial charge is 0.436 e. The van der Waals surface area contributed by atoms with Crippen LogP contribution in [0.5, 0.6) is 0 Å². The van der Waals surface area contributed by atoms with Crippen molar-refractivity contribution in [3.8, 4) is 11.5 Å². The lowest BCUT2D eigenvalue weighted by molar-refractivity contribution is 0.0981. The molecule has 11 heteroatoms. The van der Waals surface area contributed by atoms with Gasteiger partial charge in [-0.15, -0.1) is 0 Å². The molecule has 158 valence electrons. The summed E-state index contributed by atoms with van der Waals surface area (Å²) >= 11 is 0. The van der Waals surface area contributed by atoms with Crippen LogP contribution >= 0.6 is 0 Å². The number of hydrogen-bond acceptors (Lipinski definition) is 7. The number of carbonyl (C=O) groups is 1. The quantitative estimate of drug-likeness (QED) is 0.467. The van der Waals surface area contributed by atoms with Crippen LogP contribution in [0.2, 0.25) is 0 Å². The lowest BCUT2D eigenvalue weighted by Crippen LogP contribution is -2.32. The topological polar surface area (TPSA) is 149 Å². The molecule has 4 aromatic rings. The van der Waals surface area contributed by atoms with Gasteiger partial charge in [0.05, 0.1) is 0 Å². The van der Waals surface area contributed by atoms with Crippen molar-refractivity contribution in [3.05, 3.63) is 78.4 Å². The Morgan fingerprint density at radius 1 is 0.839 bits per heavy atom. The number of oxazole rings is 1. The van der Waals surface area contributed by atoms with Crippen molar-refractivity contribution in [2.24, 2.45) is 5.14 Å². The standard InChI is InChI=1S/C20H15N3O6S2/c21-30(25,26)17-7-3-4-8-18(17)31(27,28)23-19(24)13-9-11-14(12-10-13)20-22-15-5-1-2-6-16(15)29-20/h1-12H,(H,23,24)(H2,21,25,26). The molecule has 0 bridgehead atoms. The van der Waals surface area contributed by atoms with Gasteiger partial charge in [-0.1, -0.05) is 24.3 Å². The van der Waals surface area contributed by atoms with E-state index in [1.54, 1.807) is 24.3 Å². The Kier molecular flexibility index (Phi) is 5.09. The monoisotopic (exact) mass is 457 g/mol. The molecule has 0 saturated heterocycles. The summed E-state index contributed by atoms with van der Waals surface area (Å²) in [6, 6.07) is 17.9. The highest BCUT2D eigenvalue weighted by atomic mass is 32.2. The van der Waals surface area contributed by atoms with Crippen molar-refractivity contribution < 1.29 is 26.0 Å². The van der Waals surface area contributed by atoms with Crippen LogP contribution in [0.1, 0.15) is 10.4 Å². The fourth-order valence-corrected chi connectivity index (χ4v) is 5.26. The average molecular weight is 457 g/mol. The molecule has 31 heavy (non-hydrogen) atoms. The Balaban J connectivity index is 1.59. The van der Waals surface area contributed by atoms with Crippen LogP contribution in [0.25, 0.3) is 22.6 Å². The van der Waals surface area contributed by atoms with Crippen LogP contribution in [-0.4, -0.2) is 27.7 Å². The summed E-state index contributed by atoms with van der Waals surface area (Å²) in [6.45, 7) is 0. The fourth-order valence-electron chi connectivity index (χ4n) is 2.90. The zero-order valence-electron chi connectivity index (χ0n) is 15.7. The van der Waals surface area contributed by atoms with E-state index in [1.165, 1.54) is 24.3 Å². The highest BCUT2D eigenvalue weighted by molar-refractivity contribution is 7.92. The molecule has 0 saturated carbocycles. The number of sulfonamides is 2. The zero-order valence-corrected chi connectivity index (χ0v) is 17.4. The lowest BCUT2D eigenvalue weighted by Gasteiger charge is -2.10. The molecule has 0 aliphatic heterocycles. The molecule has 4 rings (SSSR count). The molecule has 0 aliphatic rings. The van der Waals surface area contributed by atoms with E-state index in [-0.39, 0.29) is 5.56 Å². The van der Waals surface area contributed by atoms with Gasteiger partial charge in [-0.3, -0.25) is 4.79 Å². The van der Waals surface area contributed by atoms with Crippen molar-refractivity contribution in [2.45, 2.75) is 9.79 Å². The number of amides is 1. The predicted molar refractivity (Wildman–Crippen MR) is 112 cm³/mol. The van der Waals surface area contributed by atoms with Crippen LogP contribution in [0, 0.1) is 0 Å². The molecule has 0 fully saturated rings. The first kappa shape index (κ1) is 20.7. The third-order valence-corrected chi connectivity index (χ3v) is 6.85. The van der Waals surface area contributed by atoms with Crippen LogP contribution < -0.4 is 9.86 Å². The average Bonchev–Trinajstić information content (AvgIpc) is 3.17. The number of nitrogens with two attached hydrogens (primary N) is 1. The van der Waals surface area contributed by atoms with Crippen molar-refractivity contribution in [2.75, 3.05) is 0 Å². The summed E-state index contributed by atoms with van der Waals surface area (Å²) in [4.78, 5) is 15.6. The second-order valence-corrected chi connectivity index (χ2v) is 9.67. The molecular weight excluding hydrogens is 442 g/mol. The van der Waals surface area contributed by atoms with Gasteiger partial charge in [0, 0.05) is 11.1 Å². The van der Waals surface area contributed by atoms with Gasteiger partial charge < -0.3 is 4.42 Å². The van der Waals surface area contributed by atoms with Crippen molar-refractivity contribution in [3.63, 3.8) is 0 Å². The maximum atomic E-state index is 12.6. The molecule has 0 spiro atoms. The van der Waals surface area contributed by atoms with Crippen LogP contribution in [-0.2, 0) is 20.0 Å². The minimum absolute atomic E-state index is 0.0384. The molecule has 1 heterocycles. The molecule has 0 atom stereocenters. The van der Waals surface area contributed by atoms with E-state index in [0.717, 1.165) is 12.1 Å². The van der Waals surface area contributed by atoms with E-state index in [4.69, 9.17) is 9.56 Å². The summed E-state index contributed by atoms with van der Waals surface area (Å²) < 4.78 is 56.1. The number of aromatic nitrogens is 1. The van der Waals surface area contributed by atoms with Gasteiger partial charge in [-0.2, -0.15) is 0 Å². The molecular formula is C20H15N3O6S2. The summed E-state index contributed by atoms with van der Waals surface area (Å²) in [7, 11) is -8.80. The highest BCUT2D eigenvalue weighted by Gasteiger charge is 2.26. The first-order valence-electron chi connectivity index (χ1n) is 8.80. The van der Waals surface area contributed by atoms with E-state index in [9.17, 15) is 21.6 Å². The van der Waals surface area contributed by atoms with E-state index >= 15 is 0 Å². The van der Waals surface area contributed by atoms with E-state index in [2.05, 4.69) is 4.98 Å². The molecule has 0 aliphatic carbocycles. The maximum absolute atomic E-state index is 12.6. The smallest absolute Gasteiger partial charge is 0.265 e. The number of nitrogens with one attached hydrogen (secondary N) is 1. The summed E-state index contributed by atoms with van der Waals surface area (Å²) in [6.07, 6.45) is 0. The van der Waals surface area contributed by atoms with Crippen LogP contribution in [0.15, 0.2) is 87.0 Å². The number of benzene rings is 3. The number of nitrogens with zero attached hydrogens (tertiary/aromatic N) is 1. The minimum Gasteiger partial charge on any atom is -0.436 e. The number of primary sulfonamides is 1. The molecule has 0 unspecified atom stereocenters. The summed E-state index contributed by atoms with van der Waals surface area (Å²) in [5.41, 5.74) is 1.92. The van der Waals surface area contributed by atoms with E-state index in [0.29, 0.717) is 22.6 Å². The van der Waals surface area contributed by atoms with Gasteiger partial charge in [0.15, 0.2) is 5.58 Å². The maximum Gasteiger partial charge on any atom is 0.265 e. The van der Waals surface area contributed by atoms with Gasteiger partial charge in [-0.25, -0.2) is 31.7 Å². The molecule has 1 aromatic heterocycles. The Morgan fingerprint density at radius 3 is 2.10 bits per heavy atom. The third kappa shape index (κ3) is 4.19. The number of para-hydroxylation sites is 2. The van der Waals surface area contributed by atoms with Gasteiger partial charge in [0.2, 0.25) is 15.9 Å². The van der Waals surface area contributed by atoms with Crippen LogP contribution in [0.3, 0.4) is 0 Å². The molecule has 3 N–H and O–H groups in total. The second kappa shape index (κ2) is 7.61. The molecule has 0 radical (unpaired) electrons. The van der Waals surface area contributed by atoms with Crippen LogP contribution in [0.4, 0.5) is 0 Å². The Hall–Kier alpha value is -3.54. The first-order valence-corrected chi connectivity index (χ1v) is 11.8. The Bertz CT molecular complexity index is 1480. The second-order valence-electron chi connectivity index (χ2n) is 6.49. The number of hydrogen-bond donors (Lipinski definition) is 2. The third-order valence-electron chi connectivity index (χ3n) is 4.36. The minimum atomic E-state index is -4.49. The summed E-state index contributed by atoms with van der Waals surface area (Å²) in [5, 5.41) is 5.08. The number of rotatable bonds is 5. The number of carbonyl (C=O) groups excluding carboxylic acids is 1. The van der Waals surface area contributed by atoms with Gasteiger partial charge in [0.1, 0.15) is 15.3 Å². The van der Waals surface area contributed by atoms with E-state index < -0.39 is 35.7 Å². The van der Waals surface area contributed by atoms with Crippen molar-refractivity contribution in [1.29, 1.82) is 0 Å². The Labute approximate surface area is 177 Å². The van der Waals surface area contributed by atoms with Crippen molar-refractivity contribution >= 4 is 37.1 Å². The SMILES string of the molecule is NS(=O)(=O)c1ccccc1S(=O)(=O)NC(=O)c1ccc(-c2nc3ccccc3o2)cc1. The van der Waals surface area contributed by atoms with Gasteiger partial charge in [-0.05, 0) is 48.5 Å². The fraction of sp³-hybridized carbons (Fsp3) is 0. The van der Waals surface area contributed by atoms with E-state index in [1.807, 2.05) is 16.9 Å². The lowest BCUT2D eigenvalue weighted by atomic mass is 10.1. The molecule has 1 amide bonds. The first-order chi connectivity index (χ1) is 14.6. The van der Waals surface area contributed by atoms with Gasteiger partial charge >= 0.3 is 0 Å². The number of fused-ring (bicyclic) bond motifs is 1. The zero-order chi connectivity index (χ0) is 22.2. The molecule has 3 aromatic carbocycles.